The number of hydrogen-bond donors (Lipinski definition) is 0. The van der Waals surface area contributed by atoms with Gasteiger partial charge in [-0.3, -0.25) is 9.69 Å². The summed E-state index contributed by atoms with van der Waals surface area (Å²) < 4.78 is 19.1. The second-order valence-electron chi connectivity index (χ2n) is 7.11. The van der Waals surface area contributed by atoms with Crippen molar-refractivity contribution in [3.8, 4) is 0 Å². The maximum atomic E-state index is 13.5. The number of hydrogen-bond acceptors (Lipinski definition) is 3. The molecule has 1 spiro atoms. The zero-order valence-corrected chi connectivity index (χ0v) is 13.8. The van der Waals surface area contributed by atoms with Crippen molar-refractivity contribution < 1.29 is 13.6 Å². The Hall–Kier alpha value is -2.14. The lowest BCUT2D eigenvalue weighted by Crippen LogP contribution is -2.31. The number of nitrogens with zero attached hydrogens (tertiary/aromatic N) is 2. The molecule has 1 atom stereocenters. The van der Waals surface area contributed by atoms with E-state index in [2.05, 4.69) is 4.90 Å². The molecule has 2 aromatic rings. The molecule has 0 saturated carbocycles. The quantitative estimate of drug-likeness (QED) is 0.867. The highest BCUT2D eigenvalue weighted by Crippen LogP contribution is 2.42. The molecule has 2 saturated heterocycles. The largest absolute Gasteiger partial charge is 0.465 e. The summed E-state index contributed by atoms with van der Waals surface area (Å²) in [6.07, 6.45) is 1.53. The Labute approximate surface area is 140 Å². The second kappa shape index (κ2) is 5.74. The molecule has 1 amide bonds. The first-order valence-electron chi connectivity index (χ1n) is 8.37. The molecule has 0 radical (unpaired) electrons. The predicted molar refractivity (Wildman–Crippen MR) is 89.1 cm³/mol. The molecule has 126 valence electrons. The molecule has 4 nitrogen and oxygen atoms in total. The van der Waals surface area contributed by atoms with Crippen molar-refractivity contribution in [2.45, 2.75) is 26.3 Å². The first-order chi connectivity index (χ1) is 11.5. The van der Waals surface area contributed by atoms with E-state index < -0.39 is 0 Å². The van der Waals surface area contributed by atoms with Gasteiger partial charge in [-0.15, -0.1) is 0 Å². The number of benzene rings is 1. The second-order valence-corrected chi connectivity index (χ2v) is 7.11. The van der Waals surface area contributed by atoms with Crippen molar-refractivity contribution in [3.05, 3.63) is 53.7 Å². The summed E-state index contributed by atoms with van der Waals surface area (Å²) in [6, 6.07) is 10.3. The third kappa shape index (κ3) is 2.84. The van der Waals surface area contributed by atoms with E-state index in [1.807, 2.05) is 19.1 Å². The van der Waals surface area contributed by atoms with Crippen LogP contribution < -0.4 is 4.90 Å². The highest BCUT2D eigenvalue weighted by molar-refractivity contribution is 5.96. The lowest BCUT2D eigenvalue weighted by Gasteiger charge is -2.24. The molecule has 0 aliphatic carbocycles. The van der Waals surface area contributed by atoms with Crippen molar-refractivity contribution in [1.29, 1.82) is 0 Å². The summed E-state index contributed by atoms with van der Waals surface area (Å²) in [5, 5.41) is 0. The summed E-state index contributed by atoms with van der Waals surface area (Å²) in [5.74, 6) is 1.68. The van der Waals surface area contributed by atoms with Gasteiger partial charge in [-0.25, -0.2) is 4.39 Å². The monoisotopic (exact) mass is 328 g/mol. The Kier molecular flexibility index (Phi) is 3.68. The summed E-state index contributed by atoms with van der Waals surface area (Å²) in [6.45, 7) is 5.24. The van der Waals surface area contributed by atoms with Crippen LogP contribution in [0.3, 0.4) is 0 Å². The first kappa shape index (κ1) is 15.4. The maximum absolute atomic E-state index is 13.5. The van der Waals surface area contributed by atoms with Crippen LogP contribution in [0.15, 0.2) is 40.8 Å². The minimum atomic E-state index is -0.303. The Balaban J connectivity index is 1.46. The molecule has 0 N–H and O–H groups in total. The van der Waals surface area contributed by atoms with Gasteiger partial charge >= 0.3 is 0 Å². The number of carbonyl (C=O) groups is 1. The number of rotatable bonds is 3. The van der Waals surface area contributed by atoms with E-state index in [1.165, 1.54) is 12.1 Å². The molecule has 1 aromatic heterocycles. The standard InChI is InChI=1S/C19H21FN2O2/c1-14-5-6-17(24-14)11-21-8-7-19(12-21)10-18(23)22(13-19)16-4-2-3-15(20)9-16/h2-6,9H,7-8,10-13H2,1H3/t19-/m0/s1. The topological polar surface area (TPSA) is 36.7 Å². The highest BCUT2D eigenvalue weighted by Gasteiger charge is 2.47. The third-order valence-corrected chi connectivity index (χ3v) is 5.13. The van der Waals surface area contributed by atoms with Crippen molar-refractivity contribution in [1.82, 2.24) is 4.90 Å². The van der Waals surface area contributed by atoms with Gasteiger partial charge in [0.2, 0.25) is 5.91 Å². The van der Waals surface area contributed by atoms with E-state index >= 15 is 0 Å². The summed E-state index contributed by atoms with van der Waals surface area (Å²) >= 11 is 0. The predicted octanol–water partition coefficient (Wildman–Crippen LogP) is 3.36. The number of likely N-dealkylation sites (tertiary alicyclic amines) is 1. The summed E-state index contributed by atoms with van der Waals surface area (Å²) in [7, 11) is 0. The Morgan fingerprint density at radius 1 is 1.25 bits per heavy atom. The highest BCUT2D eigenvalue weighted by atomic mass is 19.1. The summed E-state index contributed by atoms with van der Waals surface area (Å²) in [5.41, 5.74) is 0.641. The van der Waals surface area contributed by atoms with E-state index in [0.717, 1.165) is 37.6 Å². The fourth-order valence-electron chi connectivity index (χ4n) is 4.00. The van der Waals surface area contributed by atoms with Crippen molar-refractivity contribution >= 4 is 11.6 Å². The van der Waals surface area contributed by atoms with Crippen molar-refractivity contribution in [2.24, 2.45) is 5.41 Å². The molecule has 5 heteroatoms. The van der Waals surface area contributed by atoms with Crippen LogP contribution in [-0.4, -0.2) is 30.4 Å². The molecule has 2 fully saturated rings. The van der Waals surface area contributed by atoms with Crippen LogP contribution in [-0.2, 0) is 11.3 Å². The molecular formula is C19H21FN2O2. The molecule has 2 aliphatic rings. The summed E-state index contributed by atoms with van der Waals surface area (Å²) in [4.78, 5) is 16.6. The fraction of sp³-hybridized carbons (Fsp3) is 0.421. The van der Waals surface area contributed by atoms with Crippen LogP contribution in [0.1, 0.15) is 24.4 Å². The molecule has 1 aromatic carbocycles. The van der Waals surface area contributed by atoms with Crippen LogP contribution in [0.2, 0.25) is 0 Å². The molecule has 4 rings (SSSR count). The van der Waals surface area contributed by atoms with Crippen molar-refractivity contribution in [2.75, 3.05) is 24.5 Å². The minimum absolute atomic E-state index is 0.0228. The molecule has 24 heavy (non-hydrogen) atoms. The zero-order chi connectivity index (χ0) is 16.7. The molecule has 0 unspecified atom stereocenters. The van der Waals surface area contributed by atoms with Gasteiger partial charge in [0.25, 0.3) is 0 Å². The van der Waals surface area contributed by atoms with Gasteiger partial charge in [-0.2, -0.15) is 0 Å². The molecule has 2 aliphatic heterocycles. The van der Waals surface area contributed by atoms with Crippen molar-refractivity contribution in [3.63, 3.8) is 0 Å². The van der Waals surface area contributed by atoms with Gasteiger partial charge < -0.3 is 9.32 Å². The Morgan fingerprint density at radius 3 is 2.88 bits per heavy atom. The smallest absolute Gasteiger partial charge is 0.227 e. The van der Waals surface area contributed by atoms with Gasteiger partial charge in [0, 0.05) is 30.6 Å². The zero-order valence-electron chi connectivity index (χ0n) is 13.8. The van der Waals surface area contributed by atoms with E-state index in [-0.39, 0.29) is 17.1 Å². The van der Waals surface area contributed by atoms with Gasteiger partial charge in [-0.1, -0.05) is 6.07 Å². The lowest BCUT2D eigenvalue weighted by molar-refractivity contribution is -0.117. The van der Waals surface area contributed by atoms with Gasteiger partial charge in [-0.05, 0) is 50.2 Å². The minimum Gasteiger partial charge on any atom is -0.465 e. The molecule has 0 bridgehead atoms. The molecular weight excluding hydrogens is 307 g/mol. The maximum Gasteiger partial charge on any atom is 0.227 e. The van der Waals surface area contributed by atoms with Crippen LogP contribution in [0.5, 0.6) is 0 Å². The SMILES string of the molecule is Cc1ccc(CN2CC[C@]3(CC(=O)N(c4cccc(F)c4)C3)C2)o1. The van der Waals surface area contributed by atoms with E-state index in [9.17, 15) is 9.18 Å². The number of carbonyl (C=O) groups excluding carboxylic acids is 1. The van der Waals surface area contributed by atoms with Gasteiger partial charge in [0.15, 0.2) is 0 Å². The molecule has 3 heterocycles. The number of amides is 1. The average molecular weight is 328 g/mol. The van der Waals surface area contributed by atoms with E-state index in [4.69, 9.17) is 4.42 Å². The first-order valence-corrected chi connectivity index (χ1v) is 8.37. The van der Waals surface area contributed by atoms with E-state index in [1.54, 1.807) is 17.0 Å². The normalized spacial score (nSPS) is 24.4. The average Bonchev–Trinajstić information content (AvgIpc) is 3.21. The van der Waals surface area contributed by atoms with E-state index in [0.29, 0.717) is 18.7 Å². The van der Waals surface area contributed by atoms with Crippen LogP contribution in [0, 0.1) is 18.2 Å². The third-order valence-electron chi connectivity index (χ3n) is 5.13. The number of anilines is 1. The number of furan rings is 1. The van der Waals surface area contributed by atoms with Gasteiger partial charge in [0.05, 0.1) is 6.54 Å². The van der Waals surface area contributed by atoms with Crippen LogP contribution >= 0.6 is 0 Å². The lowest BCUT2D eigenvalue weighted by atomic mass is 9.86. The van der Waals surface area contributed by atoms with Crippen LogP contribution in [0.25, 0.3) is 0 Å². The number of aryl methyl sites for hydroxylation is 1. The number of halogens is 1. The Morgan fingerprint density at radius 2 is 2.12 bits per heavy atom. The Bertz CT molecular complexity index is 772. The van der Waals surface area contributed by atoms with Gasteiger partial charge in [0.1, 0.15) is 17.3 Å². The van der Waals surface area contributed by atoms with Crippen LogP contribution in [0.4, 0.5) is 10.1 Å². The fourth-order valence-corrected chi connectivity index (χ4v) is 4.00.